The van der Waals surface area contributed by atoms with Crippen LogP contribution in [-0.4, -0.2) is 11.9 Å². The summed E-state index contributed by atoms with van der Waals surface area (Å²) in [6, 6.07) is 19.1. The molecule has 152 valence electrons. The van der Waals surface area contributed by atoms with Crippen molar-refractivity contribution in [3.63, 3.8) is 0 Å². The van der Waals surface area contributed by atoms with Crippen molar-refractivity contribution >= 4 is 5.78 Å². The summed E-state index contributed by atoms with van der Waals surface area (Å²) in [5.41, 5.74) is 6.00. The quantitative estimate of drug-likeness (QED) is 0.698. The van der Waals surface area contributed by atoms with Crippen molar-refractivity contribution in [2.75, 3.05) is 0 Å². The van der Waals surface area contributed by atoms with Gasteiger partial charge in [0.2, 0.25) is 0 Å². The van der Waals surface area contributed by atoms with Crippen molar-refractivity contribution in [1.29, 1.82) is 0 Å². The van der Waals surface area contributed by atoms with E-state index in [-0.39, 0.29) is 17.4 Å². The Labute approximate surface area is 177 Å². The molecule has 5 rings (SSSR count). The van der Waals surface area contributed by atoms with E-state index in [0.29, 0.717) is 6.42 Å². The van der Waals surface area contributed by atoms with Gasteiger partial charge in [-0.3, -0.25) is 4.79 Å². The summed E-state index contributed by atoms with van der Waals surface area (Å²) < 4.78 is 0. The molecule has 4 nitrogen and oxygen atoms in total. The van der Waals surface area contributed by atoms with Gasteiger partial charge in [-0.2, -0.15) is 10.2 Å². The second-order valence-electron chi connectivity index (χ2n) is 9.36. The second kappa shape index (κ2) is 6.76. The lowest BCUT2D eigenvalue weighted by atomic mass is 9.58. The van der Waals surface area contributed by atoms with Crippen molar-refractivity contribution in [1.82, 2.24) is 5.32 Å². The van der Waals surface area contributed by atoms with Crippen LogP contribution in [0.25, 0.3) is 11.1 Å². The van der Waals surface area contributed by atoms with Crippen LogP contribution >= 0.6 is 0 Å². The molecule has 2 heterocycles. The summed E-state index contributed by atoms with van der Waals surface area (Å²) in [6.07, 6.45) is 3.90. The molecule has 1 N–H and O–H groups in total. The summed E-state index contributed by atoms with van der Waals surface area (Å²) in [7, 11) is 0. The van der Waals surface area contributed by atoms with E-state index < -0.39 is 5.41 Å². The number of carbonyl (C=O) groups excluding carboxylic acids is 1. The van der Waals surface area contributed by atoms with Gasteiger partial charge >= 0.3 is 0 Å². The van der Waals surface area contributed by atoms with Crippen LogP contribution in [0.2, 0.25) is 0 Å². The number of allylic oxidation sites excluding steroid dienone is 2. The minimum atomic E-state index is -0.493. The number of hydrogen-bond donors (Lipinski definition) is 1. The average Bonchev–Trinajstić information content (AvgIpc) is 3.21. The van der Waals surface area contributed by atoms with Gasteiger partial charge in [0.25, 0.3) is 0 Å². The maximum Gasteiger partial charge on any atom is 0.164 e. The number of azo groups is 1. The molecule has 0 spiro atoms. The molecule has 0 radical (unpaired) electrons. The number of ketones is 1. The van der Waals surface area contributed by atoms with Crippen LogP contribution in [0.4, 0.5) is 0 Å². The predicted octanol–water partition coefficient (Wildman–Crippen LogP) is 5.92. The summed E-state index contributed by atoms with van der Waals surface area (Å²) in [5, 5.41) is 12.2. The molecular weight excluding hydrogens is 370 g/mol. The van der Waals surface area contributed by atoms with Crippen LogP contribution < -0.4 is 5.32 Å². The average molecular weight is 398 g/mol. The van der Waals surface area contributed by atoms with Gasteiger partial charge in [-0.05, 0) is 41.0 Å². The molecule has 0 amide bonds. The van der Waals surface area contributed by atoms with Crippen molar-refractivity contribution in [3.05, 3.63) is 83.2 Å². The third-order valence-corrected chi connectivity index (χ3v) is 6.77. The van der Waals surface area contributed by atoms with Gasteiger partial charge < -0.3 is 5.32 Å². The van der Waals surface area contributed by atoms with Crippen LogP contribution in [0.15, 0.2) is 87.9 Å². The van der Waals surface area contributed by atoms with E-state index in [1.54, 1.807) is 0 Å². The molecule has 3 aliphatic rings. The SMILES string of the molecule is CCC1(c2cccc(-c3ccccc3)c2)C2=CN=NC2NC2=C1C(=O)CC(C)(C)C2. The number of carbonyl (C=O) groups is 1. The van der Waals surface area contributed by atoms with E-state index in [2.05, 4.69) is 84.8 Å². The number of hydrogen-bond acceptors (Lipinski definition) is 4. The monoisotopic (exact) mass is 397 g/mol. The highest BCUT2D eigenvalue weighted by molar-refractivity contribution is 6.01. The third kappa shape index (κ3) is 2.78. The molecule has 0 saturated carbocycles. The van der Waals surface area contributed by atoms with Gasteiger partial charge in [0, 0.05) is 23.3 Å². The standard InChI is InChI=1S/C26H27N3O/c1-4-26(19-12-8-11-18(13-19)17-9-6-5-7-10-17)20-16-27-29-24(20)28-21-14-25(2,3)15-22(30)23(21)26/h5-13,16,24,28H,4,14-15H2,1-3H3. The maximum absolute atomic E-state index is 13.5. The molecule has 2 aromatic rings. The molecule has 30 heavy (non-hydrogen) atoms. The fourth-order valence-electron chi connectivity index (χ4n) is 5.48. The third-order valence-electron chi connectivity index (χ3n) is 6.77. The first-order chi connectivity index (χ1) is 14.4. The van der Waals surface area contributed by atoms with E-state index in [1.165, 1.54) is 5.56 Å². The van der Waals surface area contributed by atoms with E-state index in [4.69, 9.17) is 0 Å². The summed E-state index contributed by atoms with van der Waals surface area (Å²) in [5.74, 6) is 0.243. The van der Waals surface area contributed by atoms with Crippen LogP contribution in [0, 0.1) is 5.41 Å². The summed E-state index contributed by atoms with van der Waals surface area (Å²) in [6.45, 7) is 6.51. The first-order valence-corrected chi connectivity index (χ1v) is 10.7. The lowest BCUT2D eigenvalue weighted by Crippen LogP contribution is -2.51. The molecule has 1 aliphatic carbocycles. The zero-order valence-corrected chi connectivity index (χ0v) is 17.8. The molecule has 0 bridgehead atoms. The lowest BCUT2D eigenvalue weighted by Gasteiger charge is -2.47. The molecule has 0 fully saturated rings. The topological polar surface area (TPSA) is 53.8 Å². The fraction of sp³-hybridized carbons (Fsp3) is 0.346. The number of rotatable bonds is 3. The molecule has 0 aromatic heterocycles. The number of nitrogens with zero attached hydrogens (tertiary/aromatic N) is 2. The molecule has 4 heteroatoms. The number of benzene rings is 2. The summed E-state index contributed by atoms with van der Waals surface area (Å²) in [4.78, 5) is 13.5. The van der Waals surface area contributed by atoms with Gasteiger partial charge in [0.15, 0.2) is 11.9 Å². The van der Waals surface area contributed by atoms with E-state index in [9.17, 15) is 4.79 Å². The van der Waals surface area contributed by atoms with Crippen LogP contribution in [-0.2, 0) is 10.2 Å². The minimum absolute atomic E-state index is 0.0503. The molecule has 2 unspecified atom stereocenters. The van der Waals surface area contributed by atoms with Crippen LogP contribution in [0.5, 0.6) is 0 Å². The Hall–Kier alpha value is -3.01. The Bertz CT molecular complexity index is 1110. The molecule has 2 atom stereocenters. The Kier molecular flexibility index (Phi) is 4.28. The first kappa shape index (κ1) is 19.0. The van der Waals surface area contributed by atoms with Gasteiger partial charge in [0.1, 0.15) is 0 Å². The van der Waals surface area contributed by atoms with Gasteiger partial charge in [-0.1, -0.05) is 69.3 Å². The van der Waals surface area contributed by atoms with Crippen molar-refractivity contribution in [2.45, 2.75) is 51.6 Å². The van der Waals surface area contributed by atoms with E-state index in [0.717, 1.165) is 40.8 Å². The smallest absolute Gasteiger partial charge is 0.164 e. The Morgan fingerprint density at radius 2 is 1.80 bits per heavy atom. The van der Waals surface area contributed by atoms with Crippen LogP contribution in [0.1, 0.15) is 45.6 Å². The molecular formula is C26H27N3O. The second-order valence-corrected chi connectivity index (χ2v) is 9.36. The van der Waals surface area contributed by atoms with Crippen molar-refractivity contribution in [2.24, 2.45) is 15.6 Å². The highest BCUT2D eigenvalue weighted by Gasteiger charge is 2.52. The fourth-order valence-corrected chi connectivity index (χ4v) is 5.48. The van der Waals surface area contributed by atoms with E-state index in [1.807, 2.05) is 12.3 Å². The first-order valence-electron chi connectivity index (χ1n) is 10.7. The molecule has 2 aliphatic heterocycles. The van der Waals surface area contributed by atoms with Gasteiger partial charge in [-0.25, -0.2) is 0 Å². The highest BCUT2D eigenvalue weighted by Crippen LogP contribution is 2.53. The Morgan fingerprint density at radius 1 is 1.03 bits per heavy atom. The lowest BCUT2D eigenvalue weighted by molar-refractivity contribution is -0.119. The van der Waals surface area contributed by atoms with Crippen molar-refractivity contribution in [3.8, 4) is 11.1 Å². The zero-order chi connectivity index (χ0) is 20.9. The number of Topliss-reactive ketones (excluding diaryl/α,β-unsaturated/α-hetero) is 1. The Morgan fingerprint density at radius 3 is 2.57 bits per heavy atom. The maximum atomic E-state index is 13.5. The zero-order valence-electron chi connectivity index (χ0n) is 17.8. The van der Waals surface area contributed by atoms with Crippen LogP contribution in [0.3, 0.4) is 0 Å². The normalized spacial score (nSPS) is 26.7. The number of fused-ring (bicyclic) bond motifs is 1. The van der Waals surface area contributed by atoms with E-state index >= 15 is 0 Å². The summed E-state index contributed by atoms with van der Waals surface area (Å²) >= 11 is 0. The van der Waals surface area contributed by atoms with Gasteiger partial charge in [-0.15, -0.1) is 0 Å². The Balaban J connectivity index is 1.74. The minimum Gasteiger partial charge on any atom is -0.362 e. The van der Waals surface area contributed by atoms with Crippen molar-refractivity contribution < 1.29 is 4.79 Å². The molecule has 0 saturated heterocycles. The predicted molar refractivity (Wildman–Crippen MR) is 119 cm³/mol. The highest BCUT2D eigenvalue weighted by atomic mass is 16.1. The molecule has 2 aromatic carbocycles. The number of nitrogens with one attached hydrogen (secondary N) is 1. The van der Waals surface area contributed by atoms with Gasteiger partial charge in [0.05, 0.1) is 11.6 Å². The largest absolute Gasteiger partial charge is 0.362 e.